The highest BCUT2D eigenvalue weighted by Crippen LogP contribution is 2.25. The number of rotatable bonds is 3. The van der Waals surface area contributed by atoms with Crippen LogP contribution in [0.4, 0.5) is 5.69 Å². The van der Waals surface area contributed by atoms with Gasteiger partial charge in [-0.2, -0.15) is 0 Å². The van der Waals surface area contributed by atoms with Gasteiger partial charge < -0.3 is 15.5 Å². The van der Waals surface area contributed by atoms with E-state index in [9.17, 15) is 0 Å². The molecule has 0 unspecified atom stereocenters. The predicted octanol–water partition coefficient (Wildman–Crippen LogP) is 3.05. The quantitative estimate of drug-likeness (QED) is 0.797. The molecule has 0 aliphatic heterocycles. The van der Waals surface area contributed by atoms with Crippen molar-refractivity contribution in [3.63, 3.8) is 0 Å². The van der Waals surface area contributed by atoms with E-state index in [0.717, 1.165) is 29.0 Å². The Morgan fingerprint density at radius 3 is 2.88 bits per heavy atom. The van der Waals surface area contributed by atoms with Crippen molar-refractivity contribution in [1.82, 2.24) is 5.32 Å². The van der Waals surface area contributed by atoms with Crippen LogP contribution in [0.2, 0.25) is 0 Å². The first-order valence-electron chi connectivity index (χ1n) is 6.33. The average Bonchev–Trinajstić information content (AvgIpc) is 2.95. The molecule has 90 valence electrons. The molecule has 3 rings (SSSR count). The molecule has 1 aliphatic rings. The van der Waals surface area contributed by atoms with Crippen molar-refractivity contribution in [2.24, 2.45) is 0 Å². The maximum atomic E-state index is 5.91. The van der Waals surface area contributed by atoms with E-state index in [1.807, 2.05) is 24.3 Å². The van der Waals surface area contributed by atoms with E-state index >= 15 is 0 Å². The first kappa shape index (κ1) is 10.7. The van der Waals surface area contributed by atoms with Crippen LogP contribution in [0.3, 0.4) is 0 Å². The molecule has 3 N–H and O–H groups in total. The Morgan fingerprint density at radius 2 is 2.12 bits per heavy atom. The SMILES string of the molecule is Nc1cccc2oc(CNC3CCCC3)cc12. The minimum Gasteiger partial charge on any atom is -0.460 e. The third-order valence-corrected chi connectivity index (χ3v) is 3.57. The van der Waals surface area contributed by atoms with Crippen molar-refractivity contribution in [3.05, 3.63) is 30.0 Å². The normalized spacial score (nSPS) is 16.9. The van der Waals surface area contributed by atoms with Crippen LogP contribution in [-0.4, -0.2) is 6.04 Å². The van der Waals surface area contributed by atoms with Crippen molar-refractivity contribution in [1.29, 1.82) is 0 Å². The summed E-state index contributed by atoms with van der Waals surface area (Å²) in [6, 6.07) is 8.51. The fraction of sp³-hybridized carbons (Fsp3) is 0.429. The van der Waals surface area contributed by atoms with Crippen molar-refractivity contribution in [2.45, 2.75) is 38.3 Å². The summed E-state index contributed by atoms with van der Waals surface area (Å²) in [5, 5.41) is 4.57. The Balaban J connectivity index is 1.74. The van der Waals surface area contributed by atoms with Crippen molar-refractivity contribution in [2.75, 3.05) is 5.73 Å². The summed E-state index contributed by atoms with van der Waals surface area (Å²) >= 11 is 0. The van der Waals surface area contributed by atoms with Gasteiger partial charge in [-0.3, -0.25) is 0 Å². The third kappa shape index (κ3) is 2.15. The minimum absolute atomic E-state index is 0.667. The van der Waals surface area contributed by atoms with E-state index in [2.05, 4.69) is 5.32 Å². The molecule has 3 nitrogen and oxygen atoms in total. The first-order chi connectivity index (χ1) is 8.33. The topological polar surface area (TPSA) is 51.2 Å². The van der Waals surface area contributed by atoms with Gasteiger partial charge in [0.15, 0.2) is 0 Å². The number of nitrogens with one attached hydrogen (secondary N) is 1. The van der Waals surface area contributed by atoms with E-state index in [1.54, 1.807) is 0 Å². The number of benzene rings is 1. The second kappa shape index (κ2) is 4.41. The monoisotopic (exact) mass is 230 g/mol. The Morgan fingerprint density at radius 1 is 1.29 bits per heavy atom. The van der Waals surface area contributed by atoms with Crippen molar-refractivity contribution < 1.29 is 4.42 Å². The summed E-state index contributed by atoms with van der Waals surface area (Å²) in [6.45, 7) is 0.804. The summed E-state index contributed by atoms with van der Waals surface area (Å²) in [6.07, 6.45) is 5.29. The molecule has 17 heavy (non-hydrogen) atoms. The molecule has 3 heteroatoms. The zero-order valence-electron chi connectivity index (χ0n) is 9.91. The number of hydrogen-bond acceptors (Lipinski definition) is 3. The number of hydrogen-bond donors (Lipinski definition) is 2. The molecule has 2 aromatic rings. The van der Waals surface area contributed by atoms with E-state index < -0.39 is 0 Å². The summed E-state index contributed by atoms with van der Waals surface area (Å²) < 4.78 is 5.77. The van der Waals surface area contributed by atoms with Crippen molar-refractivity contribution >= 4 is 16.7 Å². The lowest BCUT2D eigenvalue weighted by molar-refractivity contribution is 0.462. The molecule has 1 heterocycles. The van der Waals surface area contributed by atoms with E-state index in [-0.39, 0.29) is 0 Å². The van der Waals surface area contributed by atoms with Gasteiger partial charge in [-0.05, 0) is 31.0 Å². The molecule has 1 aromatic carbocycles. The van der Waals surface area contributed by atoms with E-state index in [0.29, 0.717) is 6.04 Å². The Bertz CT molecular complexity index is 512. The molecule has 0 bridgehead atoms. The molecule has 1 aliphatic carbocycles. The van der Waals surface area contributed by atoms with Gasteiger partial charge in [-0.1, -0.05) is 18.9 Å². The molecular weight excluding hydrogens is 212 g/mol. The van der Waals surface area contributed by atoms with Crippen LogP contribution in [0.1, 0.15) is 31.4 Å². The van der Waals surface area contributed by atoms with Gasteiger partial charge in [0.25, 0.3) is 0 Å². The van der Waals surface area contributed by atoms with E-state index in [4.69, 9.17) is 10.2 Å². The van der Waals surface area contributed by atoms with Crippen LogP contribution in [-0.2, 0) is 6.54 Å². The molecule has 0 saturated heterocycles. The lowest BCUT2D eigenvalue weighted by Crippen LogP contribution is -2.24. The summed E-state index contributed by atoms with van der Waals surface area (Å²) in [5.74, 6) is 0.977. The second-order valence-electron chi connectivity index (χ2n) is 4.83. The molecule has 0 atom stereocenters. The second-order valence-corrected chi connectivity index (χ2v) is 4.83. The van der Waals surface area contributed by atoms with Gasteiger partial charge in [0.1, 0.15) is 11.3 Å². The van der Waals surface area contributed by atoms with Gasteiger partial charge >= 0.3 is 0 Å². The fourth-order valence-corrected chi connectivity index (χ4v) is 2.60. The highest BCUT2D eigenvalue weighted by atomic mass is 16.3. The highest BCUT2D eigenvalue weighted by Gasteiger charge is 2.15. The summed E-state index contributed by atoms with van der Waals surface area (Å²) in [7, 11) is 0. The maximum Gasteiger partial charge on any atom is 0.136 e. The van der Waals surface area contributed by atoms with Crippen LogP contribution in [0, 0.1) is 0 Å². The van der Waals surface area contributed by atoms with Crippen molar-refractivity contribution in [3.8, 4) is 0 Å². The van der Waals surface area contributed by atoms with Gasteiger partial charge in [0.2, 0.25) is 0 Å². The molecule has 1 aromatic heterocycles. The largest absolute Gasteiger partial charge is 0.460 e. The molecule has 1 fully saturated rings. The first-order valence-corrected chi connectivity index (χ1v) is 6.33. The van der Waals surface area contributed by atoms with Gasteiger partial charge in [0.05, 0.1) is 6.54 Å². The van der Waals surface area contributed by atoms with Crippen LogP contribution >= 0.6 is 0 Å². The Hall–Kier alpha value is -1.48. The number of nitrogen functional groups attached to an aromatic ring is 1. The zero-order valence-corrected chi connectivity index (χ0v) is 9.91. The lowest BCUT2D eigenvalue weighted by Gasteiger charge is -2.09. The smallest absolute Gasteiger partial charge is 0.136 e. The lowest BCUT2D eigenvalue weighted by atomic mass is 10.2. The van der Waals surface area contributed by atoms with Crippen LogP contribution in [0.5, 0.6) is 0 Å². The van der Waals surface area contributed by atoms with Gasteiger partial charge in [0, 0.05) is 17.1 Å². The number of anilines is 1. The number of furan rings is 1. The molecule has 0 spiro atoms. The van der Waals surface area contributed by atoms with Gasteiger partial charge in [-0.25, -0.2) is 0 Å². The average molecular weight is 230 g/mol. The maximum absolute atomic E-state index is 5.91. The number of fused-ring (bicyclic) bond motifs is 1. The minimum atomic E-state index is 0.667. The third-order valence-electron chi connectivity index (χ3n) is 3.57. The number of nitrogens with two attached hydrogens (primary N) is 1. The van der Waals surface area contributed by atoms with Crippen LogP contribution < -0.4 is 11.1 Å². The molecular formula is C14H18N2O. The molecule has 0 radical (unpaired) electrons. The highest BCUT2D eigenvalue weighted by molar-refractivity contribution is 5.89. The fourth-order valence-electron chi connectivity index (χ4n) is 2.60. The summed E-state index contributed by atoms with van der Waals surface area (Å²) in [5.41, 5.74) is 7.58. The Labute approximate surface area is 101 Å². The summed E-state index contributed by atoms with van der Waals surface area (Å²) in [4.78, 5) is 0. The predicted molar refractivity (Wildman–Crippen MR) is 69.7 cm³/mol. The Kier molecular flexibility index (Phi) is 2.77. The van der Waals surface area contributed by atoms with E-state index in [1.165, 1.54) is 25.7 Å². The van der Waals surface area contributed by atoms with Crippen LogP contribution in [0.15, 0.2) is 28.7 Å². The molecule has 0 amide bonds. The van der Waals surface area contributed by atoms with Crippen LogP contribution in [0.25, 0.3) is 11.0 Å². The standard InChI is InChI=1S/C14H18N2O/c15-13-6-3-7-14-12(13)8-11(17-14)9-16-10-4-1-2-5-10/h3,6-8,10,16H,1-2,4-5,9,15H2. The molecule has 1 saturated carbocycles. The zero-order chi connectivity index (χ0) is 11.7. The van der Waals surface area contributed by atoms with Gasteiger partial charge in [-0.15, -0.1) is 0 Å².